The van der Waals surface area contributed by atoms with E-state index in [0.717, 1.165) is 0 Å². The van der Waals surface area contributed by atoms with Crippen molar-refractivity contribution >= 4 is 11.3 Å². The van der Waals surface area contributed by atoms with Crippen LogP contribution in [0.4, 0.5) is 5.69 Å². The summed E-state index contributed by atoms with van der Waals surface area (Å²) in [5.41, 5.74) is 4.10. The summed E-state index contributed by atoms with van der Waals surface area (Å²) in [7, 11) is 1.95. The molecule has 0 heterocycles. The first-order valence-corrected chi connectivity index (χ1v) is 5.37. The van der Waals surface area contributed by atoms with Gasteiger partial charge in [0.1, 0.15) is 0 Å². The number of hydrogen-bond acceptors (Lipinski definition) is 1. The molecular weight excluding hydrogens is 170 g/mol. The van der Waals surface area contributed by atoms with E-state index in [9.17, 15) is 0 Å². The Kier molecular flexibility index (Phi) is 2.87. The predicted octanol–water partition coefficient (Wildman–Crippen LogP) is 3.69. The van der Waals surface area contributed by atoms with Gasteiger partial charge in [-0.3, -0.25) is 0 Å². The summed E-state index contributed by atoms with van der Waals surface area (Å²) in [6.07, 6.45) is 7.59. The van der Waals surface area contributed by atoms with Crippen LogP contribution in [-0.4, -0.2) is 7.05 Å². The van der Waals surface area contributed by atoms with Gasteiger partial charge in [-0.05, 0) is 49.0 Å². The van der Waals surface area contributed by atoms with Crippen molar-refractivity contribution in [2.24, 2.45) is 0 Å². The standard InChI is InChI=1S/C13H17N/c1-14-13-9-7-12(8-10-13)11-5-3-2-4-6-11/h5,7-10,14H,2-4,6H2,1H3. The van der Waals surface area contributed by atoms with Gasteiger partial charge in [0.05, 0.1) is 0 Å². The van der Waals surface area contributed by atoms with E-state index in [1.54, 1.807) is 0 Å². The number of nitrogens with one attached hydrogen (secondary N) is 1. The molecule has 1 heteroatoms. The van der Waals surface area contributed by atoms with Crippen LogP contribution in [0, 0.1) is 0 Å². The molecule has 1 aliphatic carbocycles. The topological polar surface area (TPSA) is 12.0 Å². The predicted molar refractivity (Wildman–Crippen MR) is 62.4 cm³/mol. The summed E-state index contributed by atoms with van der Waals surface area (Å²) in [4.78, 5) is 0. The van der Waals surface area contributed by atoms with Crippen molar-refractivity contribution in [2.75, 3.05) is 12.4 Å². The number of allylic oxidation sites excluding steroid dienone is 2. The molecule has 0 fully saturated rings. The van der Waals surface area contributed by atoms with Crippen LogP contribution in [0.15, 0.2) is 30.3 Å². The van der Waals surface area contributed by atoms with Crippen LogP contribution >= 0.6 is 0 Å². The van der Waals surface area contributed by atoms with Gasteiger partial charge in [0.25, 0.3) is 0 Å². The summed E-state index contributed by atoms with van der Waals surface area (Å²) in [5, 5.41) is 3.14. The van der Waals surface area contributed by atoms with Gasteiger partial charge in [-0.2, -0.15) is 0 Å². The zero-order valence-electron chi connectivity index (χ0n) is 8.72. The monoisotopic (exact) mass is 187 g/mol. The van der Waals surface area contributed by atoms with E-state index in [1.165, 1.54) is 42.5 Å². The first-order valence-electron chi connectivity index (χ1n) is 5.37. The van der Waals surface area contributed by atoms with Crippen LogP contribution in [0.3, 0.4) is 0 Å². The highest BCUT2D eigenvalue weighted by atomic mass is 14.8. The molecule has 0 saturated heterocycles. The Morgan fingerprint density at radius 3 is 2.43 bits per heavy atom. The lowest BCUT2D eigenvalue weighted by Crippen LogP contribution is -1.92. The molecule has 1 aromatic rings. The Morgan fingerprint density at radius 1 is 1.07 bits per heavy atom. The molecule has 0 radical (unpaired) electrons. The third-order valence-corrected chi connectivity index (χ3v) is 2.84. The Balaban J connectivity index is 2.19. The average molecular weight is 187 g/mol. The van der Waals surface area contributed by atoms with Crippen molar-refractivity contribution in [1.82, 2.24) is 0 Å². The maximum atomic E-state index is 3.14. The van der Waals surface area contributed by atoms with Crippen LogP contribution in [-0.2, 0) is 0 Å². The van der Waals surface area contributed by atoms with Gasteiger partial charge in [0, 0.05) is 12.7 Å². The first kappa shape index (κ1) is 9.32. The minimum Gasteiger partial charge on any atom is -0.388 e. The largest absolute Gasteiger partial charge is 0.388 e. The Bertz CT molecular complexity index is 322. The molecule has 14 heavy (non-hydrogen) atoms. The van der Waals surface area contributed by atoms with Gasteiger partial charge in [-0.1, -0.05) is 18.2 Å². The average Bonchev–Trinajstić information content (AvgIpc) is 2.30. The number of rotatable bonds is 2. The molecule has 0 saturated carbocycles. The SMILES string of the molecule is CNc1ccc(C2=CCCCC2)cc1. The van der Waals surface area contributed by atoms with Crippen LogP contribution in [0.5, 0.6) is 0 Å². The number of hydrogen-bond donors (Lipinski definition) is 1. The Hall–Kier alpha value is -1.24. The van der Waals surface area contributed by atoms with Crippen molar-refractivity contribution in [2.45, 2.75) is 25.7 Å². The summed E-state index contributed by atoms with van der Waals surface area (Å²) in [5.74, 6) is 0. The van der Waals surface area contributed by atoms with Crippen molar-refractivity contribution in [3.8, 4) is 0 Å². The van der Waals surface area contributed by atoms with Crippen molar-refractivity contribution in [1.29, 1.82) is 0 Å². The highest BCUT2D eigenvalue weighted by molar-refractivity contribution is 5.67. The normalized spacial score (nSPS) is 16.2. The van der Waals surface area contributed by atoms with Gasteiger partial charge >= 0.3 is 0 Å². The van der Waals surface area contributed by atoms with E-state index in [1.807, 2.05) is 7.05 Å². The van der Waals surface area contributed by atoms with E-state index >= 15 is 0 Å². The van der Waals surface area contributed by atoms with E-state index in [2.05, 4.69) is 35.7 Å². The Morgan fingerprint density at radius 2 is 1.86 bits per heavy atom. The van der Waals surface area contributed by atoms with Gasteiger partial charge in [-0.15, -0.1) is 0 Å². The van der Waals surface area contributed by atoms with Crippen LogP contribution < -0.4 is 5.32 Å². The highest BCUT2D eigenvalue weighted by Crippen LogP contribution is 2.27. The Labute approximate surface area is 85.8 Å². The molecule has 0 amide bonds. The molecule has 74 valence electrons. The van der Waals surface area contributed by atoms with Crippen molar-refractivity contribution < 1.29 is 0 Å². The molecule has 0 aliphatic heterocycles. The van der Waals surface area contributed by atoms with Gasteiger partial charge in [0.15, 0.2) is 0 Å². The van der Waals surface area contributed by atoms with Crippen LogP contribution in [0.2, 0.25) is 0 Å². The first-order chi connectivity index (χ1) is 6.90. The summed E-state index contributed by atoms with van der Waals surface area (Å²) in [6.45, 7) is 0. The maximum absolute atomic E-state index is 3.14. The van der Waals surface area contributed by atoms with Crippen LogP contribution in [0.25, 0.3) is 5.57 Å². The van der Waals surface area contributed by atoms with E-state index in [-0.39, 0.29) is 0 Å². The molecular formula is C13H17N. The minimum absolute atomic E-state index is 1.19. The van der Waals surface area contributed by atoms with Gasteiger partial charge < -0.3 is 5.32 Å². The summed E-state index contributed by atoms with van der Waals surface area (Å²) < 4.78 is 0. The third-order valence-electron chi connectivity index (χ3n) is 2.84. The molecule has 0 spiro atoms. The zero-order chi connectivity index (χ0) is 9.80. The molecule has 0 aromatic heterocycles. The fourth-order valence-corrected chi connectivity index (χ4v) is 1.95. The van der Waals surface area contributed by atoms with Crippen LogP contribution in [0.1, 0.15) is 31.2 Å². The molecule has 2 rings (SSSR count). The summed E-state index contributed by atoms with van der Waals surface area (Å²) >= 11 is 0. The number of anilines is 1. The van der Waals surface area contributed by atoms with E-state index in [4.69, 9.17) is 0 Å². The molecule has 1 aromatic carbocycles. The fraction of sp³-hybridized carbons (Fsp3) is 0.385. The quantitative estimate of drug-likeness (QED) is 0.744. The molecule has 0 atom stereocenters. The van der Waals surface area contributed by atoms with Gasteiger partial charge in [0.2, 0.25) is 0 Å². The molecule has 0 unspecified atom stereocenters. The second-order valence-corrected chi connectivity index (χ2v) is 3.80. The zero-order valence-corrected chi connectivity index (χ0v) is 8.72. The molecule has 1 N–H and O–H groups in total. The highest BCUT2D eigenvalue weighted by Gasteiger charge is 2.05. The second kappa shape index (κ2) is 4.32. The lowest BCUT2D eigenvalue weighted by atomic mass is 9.94. The third kappa shape index (κ3) is 1.98. The maximum Gasteiger partial charge on any atom is 0.0337 e. The van der Waals surface area contributed by atoms with E-state index < -0.39 is 0 Å². The number of benzene rings is 1. The summed E-state index contributed by atoms with van der Waals surface area (Å²) in [6, 6.07) is 8.71. The van der Waals surface area contributed by atoms with Crippen molar-refractivity contribution in [3.05, 3.63) is 35.9 Å². The second-order valence-electron chi connectivity index (χ2n) is 3.80. The minimum atomic E-state index is 1.19. The smallest absolute Gasteiger partial charge is 0.0337 e. The van der Waals surface area contributed by atoms with E-state index in [0.29, 0.717) is 0 Å². The molecule has 1 nitrogen and oxygen atoms in total. The van der Waals surface area contributed by atoms with Gasteiger partial charge in [-0.25, -0.2) is 0 Å². The molecule has 0 bridgehead atoms. The van der Waals surface area contributed by atoms with Crippen molar-refractivity contribution in [3.63, 3.8) is 0 Å². The molecule has 1 aliphatic rings. The lowest BCUT2D eigenvalue weighted by Gasteiger charge is -2.13. The lowest BCUT2D eigenvalue weighted by molar-refractivity contribution is 0.742. The fourth-order valence-electron chi connectivity index (χ4n) is 1.95.